The Hall–Kier alpha value is -1.95. The highest BCUT2D eigenvalue weighted by Gasteiger charge is 2.23. The molecule has 2 rings (SSSR count). The number of anilines is 2. The van der Waals surface area contributed by atoms with Gasteiger partial charge in [0.25, 0.3) is 0 Å². The fourth-order valence-electron chi connectivity index (χ4n) is 2.75. The van der Waals surface area contributed by atoms with Crippen molar-refractivity contribution in [1.29, 1.82) is 0 Å². The molecule has 1 heterocycles. The normalized spacial score (nSPS) is 14.0. The summed E-state index contributed by atoms with van der Waals surface area (Å²) in [6, 6.07) is 5.72. The molecule has 0 atom stereocenters. The Kier molecular flexibility index (Phi) is 6.31. The monoisotopic (exact) mass is 353 g/mol. The van der Waals surface area contributed by atoms with Gasteiger partial charge in [0.15, 0.2) is 0 Å². The predicted octanol–water partition coefficient (Wildman–Crippen LogP) is 2.01. The Balaban J connectivity index is 2.11. The van der Waals surface area contributed by atoms with Gasteiger partial charge < -0.3 is 19.4 Å². The number of fused-ring (bicyclic) bond motifs is 1. The molecule has 24 heavy (non-hydrogen) atoms. The average molecular weight is 354 g/mol. The van der Waals surface area contributed by atoms with Crippen LogP contribution in [0.3, 0.4) is 0 Å². The van der Waals surface area contributed by atoms with Gasteiger partial charge >= 0.3 is 5.97 Å². The summed E-state index contributed by atoms with van der Waals surface area (Å²) in [5.41, 5.74) is 2.00. The molecular weight excluding hydrogens is 330 g/mol. The number of ether oxygens (including phenoxy) is 1. The summed E-state index contributed by atoms with van der Waals surface area (Å²) in [5.74, 6) is -0.522. The van der Waals surface area contributed by atoms with E-state index in [0.29, 0.717) is 11.6 Å². The van der Waals surface area contributed by atoms with E-state index in [1.165, 1.54) is 4.90 Å². The third-order valence-electron chi connectivity index (χ3n) is 4.03. The van der Waals surface area contributed by atoms with Gasteiger partial charge in [-0.2, -0.15) is 0 Å². The first-order chi connectivity index (χ1) is 11.4. The molecule has 0 spiro atoms. The topological polar surface area (TPSA) is 53.1 Å². The Morgan fingerprint density at radius 3 is 2.75 bits per heavy atom. The highest BCUT2D eigenvalue weighted by atomic mass is 35.5. The zero-order valence-corrected chi connectivity index (χ0v) is 15.2. The molecule has 0 aromatic heterocycles. The van der Waals surface area contributed by atoms with E-state index in [1.807, 2.05) is 30.1 Å². The zero-order chi connectivity index (χ0) is 17.7. The standard InChI is InChI=1S/C17H24ClN3O3/c1-4-24-17(23)12-20(3)16(22)11-21-9-5-8-19(2)14-7-6-13(18)10-15(14)21/h6-7,10H,4-5,8-9,11-12H2,1-3H3. The molecule has 1 aliphatic heterocycles. The number of rotatable bonds is 5. The van der Waals surface area contributed by atoms with Gasteiger partial charge in [0, 0.05) is 32.2 Å². The highest BCUT2D eigenvalue weighted by molar-refractivity contribution is 6.31. The quantitative estimate of drug-likeness (QED) is 0.758. The molecule has 1 aromatic rings. The van der Waals surface area contributed by atoms with E-state index in [9.17, 15) is 9.59 Å². The largest absolute Gasteiger partial charge is 0.465 e. The number of likely N-dealkylation sites (N-methyl/N-ethyl adjacent to an activating group) is 1. The summed E-state index contributed by atoms with van der Waals surface area (Å²) < 4.78 is 4.89. The van der Waals surface area contributed by atoms with Gasteiger partial charge in [0.1, 0.15) is 6.54 Å². The zero-order valence-electron chi connectivity index (χ0n) is 14.4. The number of carbonyl (C=O) groups excluding carboxylic acids is 2. The van der Waals surface area contributed by atoms with Crippen molar-refractivity contribution in [3.63, 3.8) is 0 Å². The molecule has 1 aliphatic rings. The fourth-order valence-corrected chi connectivity index (χ4v) is 2.92. The second-order valence-electron chi connectivity index (χ2n) is 5.88. The van der Waals surface area contributed by atoms with Gasteiger partial charge in [0.2, 0.25) is 5.91 Å². The first-order valence-electron chi connectivity index (χ1n) is 8.07. The molecule has 0 aliphatic carbocycles. The molecule has 6 nitrogen and oxygen atoms in total. The number of hydrogen-bond donors (Lipinski definition) is 0. The summed E-state index contributed by atoms with van der Waals surface area (Å²) in [6.45, 7) is 3.90. The van der Waals surface area contributed by atoms with E-state index in [0.717, 1.165) is 30.9 Å². The van der Waals surface area contributed by atoms with Crippen molar-refractivity contribution in [3.05, 3.63) is 23.2 Å². The summed E-state index contributed by atoms with van der Waals surface area (Å²) in [6.07, 6.45) is 0.942. The van der Waals surface area contributed by atoms with E-state index in [1.54, 1.807) is 14.0 Å². The molecular formula is C17H24ClN3O3. The number of hydrogen-bond acceptors (Lipinski definition) is 5. The van der Waals surface area contributed by atoms with E-state index >= 15 is 0 Å². The van der Waals surface area contributed by atoms with E-state index in [4.69, 9.17) is 16.3 Å². The SMILES string of the molecule is CCOC(=O)CN(C)C(=O)CN1CCCN(C)c2ccc(Cl)cc21. The van der Waals surface area contributed by atoms with Crippen LogP contribution in [0.4, 0.5) is 11.4 Å². The number of halogens is 1. The van der Waals surface area contributed by atoms with Gasteiger partial charge in [-0.3, -0.25) is 9.59 Å². The molecule has 0 unspecified atom stereocenters. The van der Waals surface area contributed by atoms with Crippen molar-refractivity contribution >= 4 is 34.9 Å². The molecule has 0 bridgehead atoms. The lowest BCUT2D eigenvalue weighted by Crippen LogP contribution is -2.41. The fraction of sp³-hybridized carbons (Fsp3) is 0.529. The third kappa shape index (κ3) is 4.54. The highest BCUT2D eigenvalue weighted by Crippen LogP contribution is 2.33. The number of esters is 1. The van der Waals surface area contributed by atoms with Crippen molar-refractivity contribution in [2.45, 2.75) is 13.3 Å². The molecule has 1 amide bonds. The lowest BCUT2D eigenvalue weighted by Gasteiger charge is -2.27. The van der Waals surface area contributed by atoms with Crippen molar-refractivity contribution < 1.29 is 14.3 Å². The second kappa shape index (κ2) is 8.24. The van der Waals surface area contributed by atoms with Crippen LogP contribution in [0.1, 0.15) is 13.3 Å². The maximum Gasteiger partial charge on any atom is 0.325 e. The van der Waals surface area contributed by atoms with Gasteiger partial charge in [-0.25, -0.2) is 0 Å². The Morgan fingerprint density at radius 1 is 1.29 bits per heavy atom. The minimum atomic E-state index is -0.396. The summed E-state index contributed by atoms with van der Waals surface area (Å²) >= 11 is 6.14. The maximum atomic E-state index is 12.5. The van der Waals surface area contributed by atoms with Crippen molar-refractivity contribution in [2.75, 3.05) is 56.7 Å². The van der Waals surface area contributed by atoms with Crippen LogP contribution in [0.5, 0.6) is 0 Å². The summed E-state index contributed by atoms with van der Waals surface area (Å²) in [7, 11) is 3.65. The molecule has 1 aromatic carbocycles. The maximum absolute atomic E-state index is 12.5. The lowest BCUT2D eigenvalue weighted by atomic mass is 10.2. The molecule has 0 saturated carbocycles. The van der Waals surface area contributed by atoms with Gasteiger partial charge in [0.05, 0.1) is 24.5 Å². The number of nitrogens with zero attached hydrogens (tertiary/aromatic N) is 3. The molecule has 0 saturated heterocycles. The lowest BCUT2D eigenvalue weighted by molar-refractivity contribution is -0.147. The van der Waals surface area contributed by atoms with Crippen LogP contribution in [0.15, 0.2) is 18.2 Å². The molecule has 0 fully saturated rings. The first kappa shape index (κ1) is 18.4. The number of amides is 1. The van der Waals surface area contributed by atoms with Crippen molar-refractivity contribution in [1.82, 2.24) is 4.90 Å². The van der Waals surface area contributed by atoms with Gasteiger partial charge in [-0.15, -0.1) is 0 Å². The molecule has 0 radical (unpaired) electrons. The van der Waals surface area contributed by atoms with Crippen LogP contribution in [0.2, 0.25) is 5.02 Å². The van der Waals surface area contributed by atoms with Gasteiger partial charge in [-0.1, -0.05) is 11.6 Å². The predicted molar refractivity (Wildman–Crippen MR) is 95.8 cm³/mol. The van der Waals surface area contributed by atoms with E-state index in [2.05, 4.69) is 4.90 Å². The molecule has 0 N–H and O–H groups in total. The molecule has 132 valence electrons. The van der Waals surface area contributed by atoms with Crippen LogP contribution in [-0.2, 0) is 14.3 Å². The third-order valence-corrected chi connectivity index (χ3v) is 4.27. The number of carbonyl (C=O) groups is 2. The Morgan fingerprint density at radius 2 is 2.04 bits per heavy atom. The van der Waals surface area contributed by atoms with E-state index in [-0.39, 0.29) is 19.0 Å². The van der Waals surface area contributed by atoms with Crippen LogP contribution >= 0.6 is 11.6 Å². The van der Waals surface area contributed by atoms with Crippen LogP contribution in [0.25, 0.3) is 0 Å². The second-order valence-corrected chi connectivity index (χ2v) is 6.32. The van der Waals surface area contributed by atoms with Crippen LogP contribution in [-0.4, -0.2) is 63.7 Å². The van der Waals surface area contributed by atoms with Crippen LogP contribution < -0.4 is 9.80 Å². The summed E-state index contributed by atoms with van der Waals surface area (Å²) in [5, 5.41) is 0.640. The minimum Gasteiger partial charge on any atom is -0.465 e. The number of benzene rings is 1. The molecule has 7 heteroatoms. The average Bonchev–Trinajstić information content (AvgIpc) is 2.67. The van der Waals surface area contributed by atoms with Crippen molar-refractivity contribution in [3.8, 4) is 0 Å². The minimum absolute atomic E-state index is 0.0389. The van der Waals surface area contributed by atoms with E-state index < -0.39 is 5.97 Å². The Labute approximate surface area is 147 Å². The van der Waals surface area contributed by atoms with Crippen LogP contribution in [0, 0.1) is 0 Å². The van der Waals surface area contributed by atoms with Gasteiger partial charge in [-0.05, 0) is 31.5 Å². The Bertz CT molecular complexity index is 609. The van der Waals surface area contributed by atoms with Crippen molar-refractivity contribution in [2.24, 2.45) is 0 Å². The first-order valence-corrected chi connectivity index (χ1v) is 8.45. The summed E-state index contributed by atoms with van der Waals surface area (Å²) in [4.78, 5) is 29.6. The smallest absolute Gasteiger partial charge is 0.325 e.